The molecule has 1 amide bonds. The van der Waals surface area contributed by atoms with Crippen LogP contribution in [0.3, 0.4) is 0 Å². The highest BCUT2D eigenvalue weighted by Gasteiger charge is 2.32. The van der Waals surface area contributed by atoms with E-state index in [2.05, 4.69) is 13.8 Å². The molecule has 1 aliphatic rings. The lowest BCUT2D eigenvalue weighted by Gasteiger charge is -2.24. The van der Waals surface area contributed by atoms with Gasteiger partial charge in [0, 0.05) is 18.7 Å². The summed E-state index contributed by atoms with van der Waals surface area (Å²) in [6.07, 6.45) is 1.03. The van der Waals surface area contributed by atoms with Gasteiger partial charge in [-0.2, -0.15) is 0 Å². The quantitative estimate of drug-likeness (QED) is 0.849. The van der Waals surface area contributed by atoms with Crippen molar-refractivity contribution >= 4 is 23.2 Å². The molecule has 2 rings (SSSR count). The van der Waals surface area contributed by atoms with E-state index >= 15 is 0 Å². The standard InChI is InChI=1S/C14H19ClN2O2/c1-8-4-5-17(9(8)2)14(18)10-6-11(15)12(16)7-13(10)19-3/h6-9H,4-5,16H2,1-3H3. The molecule has 4 nitrogen and oxygen atoms in total. The van der Waals surface area contributed by atoms with Crippen LogP contribution in [0, 0.1) is 5.92 Å². The smallest absolute Gasteiger partial charge is 0.257 e. The van der Waals surface area contributed by atoms with Crippen molar-refractivity contribution in [2.45, 2.75) is 26.3 Å². The zero-order valence-corrected chi connectivity index (χ0v) is 12.2. The predicted molar refractivity (Wildman–Crippen MR) is 76.7 cm³/mol. The first-order valence-electron chi connectivity index (χ1n) is 6.39. The third-order valence-electron chi connectivity index (χ3n) is 3.95. The highest BCUT2D eigenvalue weighted by atomic mass is 35.5. The molecule has 1 aromatic rings. The molecule has 104 valence electrons. The lowest BCUT2D eigenvalue weighted by molar-refractivity contribution is 0.0731. The molecule has 1 aliphatic heterocycles. The van der Waals surface area contributed by atoms with Gasteiger partial charge in [-0.15, -0.1) is 0 Å². The Balaban J connectivity index is 2.36. The van der Waals surface area contributed by atoms with E-state index in [1.54, 1.807) is 12.1 Å². The summed E-state index contributed by atoms with van der Waals surface area (Å²) < 4.78 is 5.24. The monoisotopic (exact) mass is 282 g/mol. The van der Waals surface area contributed by atoms with E-state index in [1.165, 1.54) is 7.11 Å². The number of hydrogen-bond donors (Lipinski definition) is 1. The van der Waals surface area contributed by atoms with E-state index in [1.807, 2.05) is 4.90 Å². The average Bonchev–Trinajstić information content (AvgIpc) is 2.72. The minimum absolute atomic E-state index is 0.0457. The fraction of sp³-hybridized carbons (Fsp3) is 0.500. The van der Waals surface area contributed by atoms with Crippen molar-refractivity contribution in [3.8, 4) is 5.75 Å². The van der Waals surface area contributed by atoms with Gasteiger partial charge >= 0.3 is 0 Å². The second-order valence-corrected chi connectivity index (χ2v) is 5.49. The molecule has 1 saturated heterocycles. The fourth-order valence-electron chi connectivity index (χ4n) is 2.44. The second kappa shape index (κ2) is 5.29. The van der Waals surface area contributed by atoms with Gasteiger partial charge in [0.1, 0.15) is 5.75 Å². The summed E-state index contributed by atoms with van der Waals surface area (Å²) in [6.45, 7) is 5.00. The molecule has 1 aromatic carbocycles. The Morgan fingerprint density at radius 3 is 2.68 bits per heavy atom. The second-order valence-electron chi connectivity index (χ2n) is 5.08. The number of carbonyl (C=O) groups is 1. The van der Waals surface area contributed by atoms with Gasteiger partial charge in [-0.3, -0.25) is 4.79 Å². The number of anilines is 1. The third-order valence-corrected chi connectivity index (χ3v) is 4.28. The first-order valence-corrected chi connectivity index (χ1v) is 6.77. The molecule has 5 heteroatoms. The van der Waals surface area contributed by atoms with E-state index < -0.39 is 0 Å². The lowest BCUT2D eigenvalue weighted by atomic mass is 10.0. The maximum atomic E-state index is 12.6. The Kier molecular flexibility index (Phi) is 3.90. The minimum Gasteiger partial charge on any atom is -0.496 e. The van der Waals surface area contributed by atoms with Gasteiger partial charge in [0.05, 0.1) is 23.4 Å². The molecule has 1 heterocycles. The van der Waals surface area contributed by atoms with Crippen LogP contribution in [-0.2, 0) is 0 Å². The Bertz CT molecular complexity index is 504. The van der Waals surface area contributed by atoms with Crippen LogP contribution < -0.4 is 10.5 Å². The molecule has 0 bridgehead atoms. The topological polar surface area (TPSA) is 55.6 Å². The number of amides is 1. The van der Waals surface area contributed by atoms with Crippen molar-refractivity contribution < 1.29 is 9.53 Å². The van der Waals surface area contributed by atoms with E-state index in [0.717, 1.165) is 13.0 Å². The Hall–Kier alpha value is -1.42. The van der Waals surface area contributed by atoms with Crippen LogP contribution in [0.5, 0.6) is 5.75 Å². The van der Waals surface area contributed by atoms with Gasteiger partial charge in [-0.1, -0.05) is 18.5 Å². The Morgan fingerprint density at radius 1 is 1.47 bits per heavy atom. The molecule has 2 N–H and O–H groups in total. The summed E-state index contributed by atoms with van der Waals surface area (Å²) in [7, 11) is 1.52. The number of carbonyl (C=O) groups excluding carboxylic acids is 1. The highest BCUT2D eigenvalue weighted by Crippen LogP contribution is 2.32. The van der Waals surface area contributed by atoms with E-state index in [0.29, 0.717) is 27.9 Å². The summed E-state index contributed by atoms with van der Waals surface area (Å²) in [5.41, 5.74) is 6.62. The van der Waals surface area contributed by atoms with Crippen LogP contribution in [0.25, 0.3) is 0 Å². The number of methoxy groups -OCH3 is 1. The van der Waals surface area contributed by atoms with E-state index in [4.69, 9.17) is 22.1 Å². The Morgan fingerprint density at radius 2 is 2.16 bits per heavy atom. The number of ether oxygens (including phenoxy) is 1. The number of hydrogen-bond acceptors (Lipinski definition) is 3. The van der Waals surface area contributed by atoms with Crippen LogP contribution in [0.4, 0.5) is 5.69 Å². The lowest BCUT2D eigenvalue weighted by Crippen LogP contribution is -2.35. The summed E-state index contributed by atoms with van der Waals surface area (Å²) >= 11 is 6.01. The summed E-state index contributed by atoms with van der Waals surface area (Å²) in [5, 5.41) is 0.379. The molecule has 0 spiro atoms. The highest BCUT2D eigenvalue weighted by molar-refractivity contribution is 6.33. The molecule has 2 unspecified atom stereocenters. The summed E-state index contributed by atoms with van der Waals surface area (Å²) in [5.74, 6) is 0.938. The zero-order valence-electron chi connectivity index (χ0n) is 11.4. The van der Waals surface area contributed by atoms with Crippen LogP contribution in [0.1, 0.15) is 30.6 Å². The molecule has 19 heavy (non-hydrogen) atoms. The maximum absolute atomic E-state index is 12.6. The normalized spacial score (nSPS) is 22.6. The molecule has 1 fully saturated rings. The Labute approximate surface area is 118 Å². The van der Waals surface area contributed by atoms with Crippen molar-refractivity contribution in [1.82, 2.24) is 4.90 Å². The summed E-state index contributed by atoms with van der Waals surface area (Å²) in [6, 6.07) is 3.42. The maximum Gasteiger partial charge on any atom is 0.257 e. The molecular weight excluding hydrogens is 264 g/mol. The molecule has 0 radical (unpaired) electrons. The number of rotatable bonds is 2. The van der Waals surface area contributed by atoms with Crippen molar-refractivity contribution in [1.29, 1.82) is 0 Å². The molecule has 2 atom stereocenters. The third kappa shape index (κ3) is 2.50. The van der Waals surface area contributed by atoms with Crippen molar-refractivity contribution in [2.24, 2.45) is 5.92 Å². The van der Waals surface area contributed by atoms with Gasteiger partial charge in [0.25, 0.3) is 5.91 Å². The number of nitrogens with zero attached hydrogens (tertiary/aromatic N) is 1. The van der Waals surface area contributed by atoms with Crippen molar-refractivity contribution in [3.63, 3.8) is 0 Å². The van der Waals surface area contributed by atoms with Crippen LogP contribution >= 0.6 is 11.6 Å². The number of halogens is 1. The largest absolute Gasteiger partial charge is 0.496 e. The van der Waals surface area contributed by atoms with Crippen molar-refractivity contribution in [3.05, 3.63) is 22.7 Å². The van der Waals surface area contributed by atoms with Crippen LogP contribution in [-0.4, -0.2) is 30.5 Å². The summed E-state index contributed by atoms with van der Waals surface area (Å²) in [4.78, 5) is 14.5. The number of benzene rings is 1. The van der Waals surface area contributed by atoms with Crippen LogP contribution in [0.15, 0.2) is 12.1 Å². The number of likely N-dealkylation sites (tertiary alicyclic amines) is 1. The minimum atomic E-state index is -0.0457. The fourth-order valence-corrected chi connectivity index (χ4v) is 2.60. The van der Waals surface area contributed by atoms with Crippen molar-refractivity contribution in [2.75, 3.05) is 19.4 Å². The SMILES string of the molecule is COc1cc(N)c(Cl)cc1C(=O)N1CCC(C)C1C. The first kappa shape index (κ1) is 14.0. The van der Waals surface area contributed by atoms with Gasteiger partial charge in [0.2, 0.25) is 0 Å². The van der Waals surface area contributed by atoms with Gasteiger partial charge in [-0.05, 0) is 25.3 Å². The van der Waals surface area contributed by atoms with Gasteiger partial charge < -0.3 is 15.4 Å². The predicted octanol–water partition coefficient (Wildman–Crippen LogP) is 2.80. The molecule has 0 aromatic heterocycles. The van der Waals surface area contributed by atoms with Gasteiger partial charge in [0.15, 0.2) is 0 Å². The van der Waals surface area contributed by atoms with Gasteiger partial charge in [-0.25, -0.2) is 0 Å². The van der Waals surface area contributed by atoms with E-state index in [9.17, 15) is 4.79 Å². The van der Waals surface area contributed by atoms with E-state index in [-0.39, 0.29) is 11.9 Å². The average molecular weight is 283 g/mol. The first-order chi connectivity index (χ1) is 8.95. The zero-order chi connectivity index (χ0) is 14.2. The number of nitrogens with two attached hydrogens (primary N) is 1. The molecule has 0 saturated carbocycles. The molecule has 0 aliphatic carbocycles. The van der Waals surface area contributed by atoms with Crippen LogP contribution in [0.2, 0.25) is 5.02 Å². The molecular formula is C14H19ClN2O2. The number of nitrogen functional groups attached to an aromatic ring is 1.